The lowest BCUT2D eigenvalue weighted by molar-refractivity contribution is 0.102. The summed E-state index contributed by atoms with van der Waals surface area (Å²) >= 11 is 0. The van der Waals surface area contributed by atoms with Crippen LogP contribution in [-0.2, 0) is 7.05 Å². The lowest BCUT2D eigenvalue weighted by Crippen LogP contribution is -2.14. The van der Waals surface area contributed by atoms with Crippen LogP contribution >= 0.6 is 0 Å². The highest BCUT2D eigenvalue weighted by Gasteiger charge is 2.12. The van der Waals surface area contributed by atoms with Crippen molar-refractivity contribution in [3.63, 3.8) is 0 Å². The quantitative estimate of drug-likeness (QED) is 0.588. The molecule has 4 rings (SSSR count). The number of imidazole rings is 1. The Kier molecular flexibility index (Phi) is 4.11. The first kappa shape index (κ1) is 15.9. The summed E-state index contributed by atoms with van der Waals surface area (Å²) in [5.41, 5.74) is 2.35. The maximum atomic E-state index is 12.5. The van der Waals surface area contributed by atoms with Gasteiger partial charge in [-0.2, -0.15) is 0 Å². The van der Waals surface area contributed by atoms with Crippen molar-refractivity contribution in [2.75, 3.05) is 5.32 Å². The molecule has 1 N–H and O–H groups in total. The summed E-state index contributed by atoms with van der Waals surface area (Å²) in [6.07, 6.45) is 0. The molecule has 1 aromatic heterocycles. The third-order valence-corrected chi connectivity index (χ3v) is 4.11. The van der Waals surface area contributed by atoms with Crippen molar-refractivity contribution in [2.24, 2.45) is 7.05 Å². The van der Waals surface area contributed by atoms with Gasteiger partial charge in [-0.15, -0.1) is 0 Å². The number of rotatable bonds is 4. The van der Waals surface area contributed by atoms with E-state index in [1.54, 1.807) is 24.3 Å². The van der Waals surface area contributed by atoms with Crippen LogP contribution in [0.25, 0.3) is 11.0 Å². The molecular formula is C21H17N3O2. The number of hydrogen-bond acceptors (Lipinski definition) is 3. The molecule has 0 unspecified atom stereocenters. The topological polar surface area (TPSA) is 56.2 Å². The number of aromatic nitrogens is 2. The Labute approximate surface area is 150 Å². The van der Waals surface area contributed by atoms with E-state index in [1.165, 1.54) is 0 Å². The largest absolute Gasteiger partial charge is 0.457 e. The van der Waals surface area contributed by atoms with Crippen LogP contribution in [0.15, 0.2) is 78.9 Å². The van der Waals surface area contributed by atoms with Gasteiger partial charge in [0, 0.05) is 12.6 Å². The standard InChI is InChI=1S/C21H17N3O2/c1-24-19-10-6-5-9-18(19)22-21(24)23-20(25)15-11-13-17(14-12-15)26-16-7-3-2-4-8-16/h2-14H,1H3,(H,22,23,25). The van der Waals surface area contributed by atoms with Gasteiger partial charge in [0.05, 0.1) is 11.0 Å². The minimum atomic E-state index is -0.213. The summed E-state index contributed by atoms with van der Waals surface area (Å²) in [6.45, 7) is 0. The third-order valence-electron chi connectivity index (χ3n) is 4.11. The van der Waals surface area contributed by atoms with Crippen molar-refractivity contribution in [3.05, 3.63) is 84.4 Å². The molecule has 0 aliphatic heterocycles. The fourth-order valence-corrected chi connectivity index (χ4v) is 2.73. The van der Waals surface area contributed by atoms with Crippen LogP contribution in [0, 0.1) is 0 Å². The number of carbonyl (C=O) groups excluding carboxylic acids is 1. The Hall–Kier alpha value is -3.60. The number of hydrogen-bond donors (Lipinski definition) is 1. The molecule has 1 amide bonds. The van der Waals surface area contributed by atoms with Crippen molar-refractivity contribution in [1.82, 2.24) is 9.55 Å². The molecule has 128 valence electrons. The minimum absolute atomic E-state index is 0.213. The molecule has 5 nitrogen and oxygen atoms in total. The molecule has 0 atom stereocenters. The van der Waals surface area contributed by atoms with E-state index in [4.69, 9.17) is 4.74 Å². The second-order valence-electron chi connectivity index (χ2n) is 5.88. The van der Waals surface area contributed by atoms with Gasteiger partial charge in [-0.1, -0.05) is 30.3 Å². The second-order valence-corrected chi connectivity index (χ2v) is 5.88. The lowest BCUT2D eigenvalue weighted by atomic mass is 10.2. The number of fused-ring (bicyclic) bond motifs is 1. The lowest BCUT2D eigenvalue weighted by Gasteiger charge is -2.07. The summed E-state index contributed by atoms with van der Waals surface area (Å²) in [6, 6.07) is 24.3. The van der Waals surface area contributed by atoms with Gasteiger partial charge >= 0.3 is 0 Å². The maximum absolute atomic E-state index is 12.5. The Balaban J connectivity index is 1.50. The average Bonchev–Trinajstić information content (AvgIpc) is 2.99. The first-order valence-corrected chi connectivity index (χ1v) is 8.26. The zero-order chi connectivity index (χ0) is 17.9. The zero-order valence-corrected chi connectivity index (χ0v) is 14.2. The highest BCUT2D eigenvalue weighted by atomic mass is 16.5. The van der Waals surface area contributed by atoms with Gasteiger partial charge in [-0.05, 0) is 48.5 Å². The Morgan fingerprint density at radius 1 is 0.885 bits per heavy atom. The van der Waals surface area contributed by atoms with Gasteiger partial charge in [-0.3, -0.25) is 10.1 Å². The van der Waals surface area contributed by atoms with Crippen LogP contribution in [0.2, 0.25) is 0 Å². The van der Waals surface area contributed by atoms with Crippen molar-refractivity contribution in [1.29, 1.82) is 0 Å². The van der Waals surface area contributed by atoms with Gasteiger partial charge in [0.25, 0.3) is 5.91 Å². The highest BCUT2D eigenvalue weighted by Crippen LogP contribution is 2.22. The molecule has 3 aromatic carbocycles. The van der Waals surface area contributed by atoms with E-state index in [9.17, 15) is 4.79 Å². The minimum Gasteiger partial charge on any atom is -0.457 e. The summed E-state index contributed by atoms with van der Waals surface area (Å²) in [4.78, 5) is 17.0. The van der Waals surface area contributed by atoms with E-state index in [-0.39, 0.29) is 5.91 Å². The van der Waals surface area contributed by atoms with Gasteiger partial charge in [0.1, 0.15) is 11.5 Å². The van der Waals surface area contributed by atoms with Gasteiger partial charge in [0.2, 0.25) is 5.95 Å². The van der Waals surface area contributed by atoms with Crippen LogP contribution in [-0.4, -0.2) is 15.5 Å². The van der Waals surface area contributed by atoms with E-state index < -0.39 is 0 Å². The number of ether oxygens (including phenoxy) is 1. The molecule has 0 aliphatic rings. The Bertz CT molecular complexity index is 1050. The van der Waals surface area contributed by atoms with Gasteiger partial charge < -0.3 is 9.30 Å². The van der Waals surface area contributed by atoms with Crippen LogP contribution in [0.4, 0.5) is 5.95 Å². The average molecular weight is 343 g/mol. The molecule has 0 radical (unpaired) electrons. The van der Waals surface area contributed by atoms with E-state index >= 15 is 0 Å². The molecule has 0 saturated carbocycles. The number of nitrogens with zero attached hydrogens (tertiary/aromatic N) is 2. The first-order chi connectivity index (χ1) is 12.7. The molecule has 0 spiro atoms. The fourth-order valence-electron chi connectivity index (χ4n) is 2.73. The smallest absolute Gasteiger partial charge is 0.257 e. The molecule has 0 aliphatic carbocycles. The SMILES string of the molecule is Cn1c(NC(=O)c2ccc(Oc3ccccc3)cc2)nc2ccccc21. The first-order valence-electron chi connectivity index (χ1n) is 8.26. The van der Waals surface area contributed by atoms with E-state index in [1.807, 2.05) is 66.2 Å². The van der Waals surface area contributed by atoms with Crippen LogP contribution < -0.4 is 10.1 Å². The number of amides is 1. The predicted molar refractivity (Wildman–Crippen MR) is 102 cm³/mol. The monoisotopic (exact) mass is 343 g/mol. The van der Waals surface area contributed by atoms with Crippen LogP contribution in [0.5, 0.6) is 11.5 Å². The molecule has 26 heavy (non-hydrogen) atoms. The van der Waals surface area contributed by atoms with Crippen molar-refractivity contribution in [2.45, 2.75) is 0 Å². The van der Waals surface area contributed by atoms with Crippen molar-refractivity contribution in [3.8, 4) is 11.5 Å². The van der Waals surface area contributed by atoms with E-state index in [2.05, 4.69) is 10.3 Å². The Morgan fingerprint density at radius 3 is 2.27 bits per heavy atom. The molecule has 0 fully saturated rings. The van der Waals surface area contributed by atoms with Gasteiger partial charge in [0.15, 0.2) is 0 Å². The van der Waals surface area contributed by atoms with Crippen LogP contribution in [0.1, 0.15) is 10.4 Å². The van der Waals surface area contributed by atoms with Crippen LogP contribution in [0.3, 0.4) is 0 Å². The Morgan fingerprint density at radius 2 is 1.54 bits per heavy atom. The fraction of sp³-hybridized carbons (Fsp3) is 0.0476. The summed E-state index contributed by atoms with van der Waals surface area (Å²) in [5, 5.41) is 2.86. The summed E-state index contributed by atoms with van der Waals surface area (Å²) in [7, 11) is 1.88. The molecular weight excluding hydrogens is 326 g/mol. The second kappa shape index (κ2) is 6.72. The predicted octanol–water partition coefficient (Wildman–Crippen LogP) is 4.62. The van der Waals surface area contributed by atoms with E-state index in [0.717, 1.165) is 16.8 Å². The zero-order valence-electron chi connectivity index (χ0n) is 14.2. The number of benzene rings is 3. The number of nitrogens with one attached hydrogen (secondary N) is 1. The van der Waals surface area contributed by atoms with E-state index in [0.29, 0.717) is 17.3 Å². The molecule has 0 saturated heterocycles. The van der Waals surface area contributed by atoms with Gasteiger partial charge in [-0.25, -0.2) is 4.98 Å². The maximum Gasteiger partial charge on any atom is 0.257 e. The molecule has 5 heteroatoms. The molecule has 1 heterocycles. The van der Waals surface area contributed by atoms with Crippen molar-refractivity contribution < 1.29 is 9.53 Å². The highest BCUT2D eigenvalue weighted by molar-refractivity contribution is 6.04. The number of anilines is 1. The normalized spacial score (nSPS) is 10.7. The number of para-hydroxylation sites is 3. The number of aryl methyl sites for hydroxylation is 1. The summed E-state index contributed by atoms with van der Waals surface area (Å²) < 4.78 is 7.60. The summed E-state index contributed by atoms with van der Waals surface area (Å²) in [5.74, 6) is 1.73. The van der Waals surface area contributed by atoms with Crippen molar-refractivity contribution >= 4 is 22.9 Å². The molecule has 0 bridgehead atoms. The number of carbonyl (C=O) groups is 1. The third kappa shape index (κ3) is 3.15. The molecule has 4 aromatic rings.